The van der Waals surface area contributed by atoms with E-state index in [-0.39, 0.29) is 5.91 Å². The molecule has 4 rings (SSSR count). The molecule has 0 radical (unpaired) electrons. The second kappa shape index (κ2) is 13.2. The highest BCUT2D eigenvalue weighted by Gasteiger charge is 2.10. The van der Waals surface area contributed by atoms with Gasteiger partial charge in [0.2, 0.25) is 5.91 Å². The van der Waals surface area contributed by atoms with Crippen LogP contribution in [0, 0.1) is 6.92 Å². The number of carbonyl (C=O) groups is 1. The molecule has 0 aliphatic heterocycles. The Balaban J connectivity index is 1.46. The molecule has 190 valence electrons. The molecule has 0 bridgehead atoms. The van der Waals surface area contributed by atoms with Gasteiger partial charge in [-0.15, -0.1) is 0 Å². The Labute approximate surface area is 218 Å². The van der Waals surface area contributed by atoms with Crippen LogP contribution in [0.1, 0.15) is 42.1 Å². The van der Waals surface area contributed by atoms with E-state index in [1.54, 1.807) is 6.20 Å². The quantitative estimate of drug-likeness (QED) is 0.242. The Bertz CT molecular complexity index is 1290. The third kappa shape index (κ3) is 7.64. The van der Waals surface area contributed by atoms with Crippen molar-refractivity contribution >= 4 is 5.91 Å². The van der Waals surface area contributed by atoms with Crippen molar-refractivity contribution in [1.29, 1.82) is 0 Å². The van der Waals surface area contributed by atoms with Gasteiger partial charge in [0.15, 0.2) is 0 Å². The number of benzene rings is 3. The average molecular weight is 496 g/mol. The summed E-state index contributed by atoms with van der Waals surface area (Å²) in [4.78, 5) is 19.3. The molecule has 3 aromatic carbocycles. The molecule has 0 saturated carbocycles. The van der Waals surface area contributed by atoms with Crippen LogP contribution in [0.3, 0.4) is 0 Å². The predicted molar refractivity (Wildman–Crippen MR) is 145 cm³/mol. The second-order valence-corrected chi connectivity index (χ2v) is 8.94. The third-order valence-corrected chi connectivity index (χ3v) is 6.23. The van der Waals surface area contributed by atoms with Crippen molar-refractivity contribution in [3.8, 4) is 22.6 Å². The number of hydrogen-bond acceptors (Lipinski definition) is 5. The lowest BCUT2D eigenvalue weighted by atomic mass is 9.97. The van der Waals surface area contributed by atoms with E-state index >= 15 is 0 Å². The highest BCUT2D eigenvalue weighted by molar-refractivity contribution is 5.72. The molecule has 0 spiro atoms. The van der Waals surface area contributed by atoms with Crippen LogP contribution in [-0.4, -0.2) is 22.4 Å². The molecule has 6 heteroatoms. The molecule has 0 saturated heterocycles. The van der Waals surface area contributed by atoms with Crippen molar-refractivity contribution in [1.82, 2.24) is 15.3 Å². The number of nitrogens with zero attached hydrogens (tertiary/aromatic N) is 2. The number of hydrogen-bond donors (Lipinski definition) is 1. The molecule has 0 aliphatic rings. The average Bonchev–Trinajstić information content (AvgIpc) is 2.92. The molecule has 6 nitrogen and oxygen atoms in total. The maximum Gasteiger partial charge on any atom is 0.216 e. The minimum absolute atomic E-state index is 0.0000769. The highest BCUT2D eigenvalue weighted by Crippen LogP contribution is 2.29. The molecule has 0 aliphatic carbocycles. The fraction of sp³-hybridized carbons (Fsp3) is 0.258. The standard InChI is InChI=1S/C31H33N3O3/c1-23-27(12-8-13-30(23)25-9-4-3-5-10-25)20-36-29-15-14-26(11-6-7-17-33-24(2)35)31(19-29)37-21-28-16-18-32-22-34-28/h3-5,8-10,12-16,18-19,22H,6-7,11,17,20-21H2,1-2H3,(H,33,35). The SMILES string of the molecule is CC(=O)NCCCCc1ccc(OCc2cccc(-c3ccccc3)c2C)cc1OCc1ccncn1. The monoisotopic (exact) mass is 495 g/mol. The van der Waals surface area contributed by atoms with Crippen LogP contribution in [0.25, 0.3) is 11.1 Å². The lowest BCUT2D eigenvalue weighted by molar-refractivity contribution is -0.118. The smallest absolute Gasteiger partial charge is 0.216 e. The van der Waals surface area contributed by atoms with Crippen LogP contribution in [-0.2, 0) is 24.4 Å². The van der Waals surface area contributed by atoms with Crippen molar-refractivity contribution in [3.05, 3.63) is 108 Å². The Morgan fingerprint density at radius 1 is 0.892 bits per heavy atom. The van der Waals surface area contributed by atoms with Gasteiger partial charge in [-0.2, -0.15) is 0 Å². The minimum atomic E-state index is -0.0000769. The first-order valence-corrected chi connectivity index (χ1v) is 12.6. The van der Waals surface area contributed by atoms with Crippen molar-refractivity contribution in [2.45, 2.75) is 46.3 Å². The highest BCUT2D eigenvalue weighted by atomic mass is 16.5. The number of unbranched alkanes of at least 4 members (excludes halogenated alkanes) is 1. The first kappa shape index (κ1) is 25.9. The van der Waals surface area contributed by atoms with Gasteiger partial charge in [-0.3, -0.25) is 4.79 Å². The predicted octanol–water partition coefficient (Wildman–Crippen LogP) is 6.07. The molecule has 1 aromatic heterocycles. The fourth-order valence-electron chi connectivity index (χ4n) is 4.16. The van der Waals surface area contributed by atoms with Gasteiger partial charge in [-0.1, -0.05) is 54.6 Å². The number of amides is 1. The number of ether oxygens (including phenoxy) is 2. The summed E-state index contributed by atoms with van der Waals surface area (Å²) < 4.78 is 12.4. The summed E-state index contributed by atoms with van der Waals surface area (Å²) in [6.45, 7) is 5.17. The topological polar surface area (TPSA) is 73.3 Å². The second-order valence-electron chi connectivity index (χ2n) is 8.94. The molecule has 0 atom stereocenters. The van der Waals surface area contributed by atoms with Crippen LogP contribution < -0.4 is 14.8 Å². The number of aryl methyl sites for hydroxylation is 1. The molecule has 37 heavy (non-hydrogen) atoms. The third-order valence-electron chi connectivity index (χ3n) is 6.23. The molecule has 4 aromatic rings. The maximum absolute atomic E-state index is 11.1. The van der Waals surface area contributed by atoms with Gasteiger partial charge in [-0.25, -0.2) is 9.97 Å². The Kier molecular flexibility index (Phi) is 9.24. The van der Waals surface area contributed by atoms with E-state index in [1.165, 1.54) is 29.9 Å². The van der Waals surface area contributed by atoms with Gasteiger partial charge in [-0.05, 0) is 66.1 Å². The van der Waals surface area contributed by atoms with E-state index in [2.05, 4.69) is 70.7 Å². The minimum Gasteiger partial charge on any atom is -0.489 e. The number of aromatic nitrogens is 2. The van der Waals surface area contributed by atoms with Gasteiger partial charge in [0.1, 0.15) is 31.0 Å². The Morgan fingerprint density at radius 2 is 1.76 bits per heavy atom. The van der Waals surface area contributed by atoms with Crippen LogP contribution in [0.5, 0.6) is 11.5 Å². The Hall–Kier alpha value is -4.19. The van der Waals surface area contributed by atoms with Crippen molar-refractivity contribution in [2.24, 2.45) is 0 Å². The molecule has 1 amide bonds. The van der Waals surface area contributed by atoms with Crippen LogP contribution in [0.15, 0.2) is 85.3 Å². The van der Waals surface area contributed by atoms with Crippen molar-refractivity contribution < 1.29 is 14.3 Å². The largest absolute Gasteiger partial charge is 0.489 e. The zero-order valence-corrected chi connectivity index (χ0v) is 21.4. The lowest BCUT2D eigenvalue weighted by Crippen LogP contribution is -2.20. The Morgan fingerprint density at radius 3 is 2.54 bits per heavy atom. The van der Waals surface area contributed by atoms with Gasteiger partial charge >= 0.3 is 0 Å². The summed E-state index contributed by atoms with van der Waals surface area (Å²) in [5.74, 6) is 1.54. The van der Waals surface area contributed by atoms with E-state index < -0.39 is 0 Å². The van der Waals surface area contributed by atoms with Gasteiger partial charge in [0.25, 0.3) is 0 Å². The summed E-state index contributed by atoms with van der Waals surface area (Å²) in [6.07, 6.45) is 5.92. The summed E-state index contributed by atoms with van der Waals surface area (Å²) in [6, 6.07) is 24.6. The number of carbonyl (C=O) groups excluding carboxylic acids is 1. The first-order chi connectivity index (χ1) is 18.1. The first-order valence-electron chi connectivity index (χ1n) is 12.6. The summed E-state index contributed by atoms with van der Waals surface area (Å²) in [5, 5.41) is 2.85. The van der Waals surface area contributed by atoms with Crippen molar-refractivity contribution in [3.63, 3.8) is 0 Å². The molecular weight excluding hydrogens is 462 g/mol. The zero-order valence-electron chi connectivity index (χ0n) is 21.4. The van der Waals surface area contributed by atoms with Crippen LogP contribution in [0.2, 0.25) is 0 Å². The van der Waals surface area contributed by atoms with Gasteiger partial charge in [0, 0.05) is 25.7 Å². The van der Waals surface area contributed by atoms with Gasteiger partial charge < -0.3 is 14.8 Å². The van der Waals surface area contributed by atoms with E-state index in [4.69, 9.17) is 9.47 Å². The van der Waals surface area contributed by atoms with E-state index in [0.29, 0.717) is 19.8 Å². The van der Waals surface area contributed by atoms with Crippen molar-refractivity contribution in [2.75, 3.05) is 6.54 Å². The molecule has 0 fully saturated rings. The summed E-state index contributed by atoms with van der Waals surface area (Å²) in [5.41, 5.74) is 6.68. The molecule has 1 N–H and O–H groups in total. The summed E-state index contributed by atoms with van der Waals surface area (Å²) >= 11 is 0. The summed E-state index contributed by atoms with van der Waals surface area (Å²) in [7, 11) is 0. The molecule has 0 unspecified atom stereocenters. The number of nitrogens with one attached hydrogen (secondary N) is 1. The number of rotatable bonds is 12. The van der Waals surface area contributed by atoms with E-state index in [1.807, 2.05) is 24.3 Å². The normalized spacial score (nSPS) is 10.6. The van der Waals surface area contributed by atoms with Crippen LogP contribution in [0.4, 0.5) is 0 Å². The maximum atomic E-state index is 11.1. The molecule has 1 heterocycles. The van der Waals surface area contributed by atoms with E-state index in [9.17, 15) is 4.79 Å². The molecular formula is C31H33N3O3. The lowest BCUT2D eigenvalue weighted by Gasteiger charge is -2.16. The zero-order chi connectivity index (χ0) is 25.9. The van der Waals surface area contributed by atoms with E-state index in [0.717, 1.165) is 47.6 Å². The van der Waals surface area contributed by atoms with Crippen LogP contribution >= 0.6 is 0 Å². The van der Waals surface area contributed by atoms with Gasteiger partial charge in [0.05, 0.1) is 5.69 Å². The fourth-order valence-corrected chi connectivity index (χ4v) is 4.16.